The highest BCUT2D eigenvalue weighted by Crippen LogP contribution is 2.18. The Bertz CT molecular complexity index is 283. The summed E-state index contributed by atoms with van der Waals surface area (Å²) in [6.45, 7) is 1.43. The van der Waals surface area contributed by atoms with Gasteiger partial charge >= 0.3 is 5.97 Å². The van der Waals surface area contributed by atoms with E-state index in [0.29, 0.717) is 0 Å². The maximum atomic E-state index is 11.2. The molecule has 0 amide bonds. The maximum Gasteiger partial charge on any atom is 0.321 e. The molecule has 0 aliphatic carbocycles. The van der Waals surface area contributed by atoms with Crippen LogP contribution in [-0.2, 0) is 9.53 Å². The number of ether oxygens (including phenoxy) is 1. The zero-order valence-corrected chi connectivity index (χ0v) is 8.47. The third-order valence-corrected chi connectivity index (χ3v) is 1.94. The number of Topliss-reactive ketones (excluding diaryl/α,β-unsaturated/α-hetero) is 1. The first-order valence-corrected chi connectivity index (χ1v) is 4.27. The Morgan fingerprint density at radius 1 is 1.67 bits per heavy atom. The minimum atomic E-state index is -2.98. The summed E-state index contributed by atoms with van der Waals surface area (Å²) < 4.78 is 4.81. The van der Waals surface area contributed by atoms with Crippen molar-refractivity contribution in [3.05, 3.63) is 11.9 Å². The molecule has 0 aromatic heterocycles. The average Bonchev–Trinajstić information content (AvgIpc) is 2.48. The second-order valence-corrected chi connectivity index (χ2v) is 3.27. The van der Waals surface area contributed by atoms with Gasteiger partial charge in [-0.25, -0.2) is 0 Å². The number of aliphatic hydroxyl groups is 3. The molecule has 1 rings (SSSR count). The summed E-state index contributed by atoms with van der Waals surface area (Å²) in [7, 11) is 1.44. The minimum Gasteiger partial charge on any atom is -0.364 e. The predicted molar refractivity (Wildman–Crippen MR) is 48.8 cm³/mol. The molecule has 1 aliphatic rings. The fraction of sp³-hybridized carbons (Fsp3) is 0.625. The maximum absolute atomic E-state index is 11.2. The first-order chi connectivity index (χ1) is 6.86. The largest absolute Gasteiger partial charge is 0.364 e. The molecule has 0 spiro atoms. The molecule has 0 aromatic rings. The number of rotatable bonds is 4. The van der Waals surface area contributed by atoms with E-state index in [2.05, 4.69) is 5.32 Å². The third-order valence-electron chi connectivity index (χ3n) is 1.94. The summed E-state index contributed by atoms with van der Waals surface area (Å²) >= 11 is 0. The molecule has 0 saturated heterocycles. The predicted octanol–water partition coefficient (Wildman–Crippen LogP) is -2.12. The normalized spacial score (nSPS) is 21.3. The van der Waals surface area contributed by atoms with Crippen molar-refractivity contribution in [3.8, 4) is 0 Å². The fourth-order valence-corrected chi connectivity index (χ4v) is 1.29. The molecular weight excluding hydrogens is 204 g/mol. The summed E-state index contributed by atoms with van der Waals surface area (Å²) in [5, 5.41) is 29.2. The van der Waals surface area contributed by atoms with E-state index in [1.54, 1.807) is 0 Å². The molecule has 86 valence electrons. The topological polar surface area (TPSA) is 102 Å². The molecule has 1 heterocycles. The molecule has 7 heteroatoms. The van der Waals surface area contributed by atoms with Crippen LogP contribution in [0.15, 0.2) is 11.9 Å². The van der Waals surface area contributed by atoms with E-state index in [4.69, 9.17) is 20.1 Å². The lowest BCUT2D eigenvalue weighted by Crippen LogP contribution is -2.45. The lowest BCUT2D eigenvalue weighted by molar-refractivity contribution is -0.284. The van der Waals surface area contributed by atoms with Crippen molar-refractivity contribution in [1.82, 2.24) is 10.2 Å². The SMILES string of the molecule is COCN1C=C(C(O)(O)O)NC1C(C)=O. The number of ketones is 1. The monoisotopic (exact) mass is 218 g/mol. The Balaban J connectivity index is 2.81. The molecule has 0 radical (unpaired) electrons. The van der Waals surface area contributed by atoms with Crippen molar-refractivity contribution in [3.63, 3.8) is 0 Å². The fourth-order valence-electron chi connectivity index (χ4n) is 1.29. The quantitative estimate of drug-likeness (QED) is 0.400. The lowest BCUT2D eigenvalue weighted by Gasteiger charge is -2.22. The van der Waals surface area contributed by atoms with Crippen molar-refractivity contribution in [1.29, 1.82) is 0 Å². The Morgan fingerprint density at radius 3 is 2.67 bits per heavy atom. The van der Waals surface area contributed by atoms with Gasteiger partial charge < -0.3 is 30.3 Å². The first-order valence-electron chi connectivity index (χ1n) is 4.27. The number of methoxy groups -OCH3 is 1. The molecule has 0 fully saturated rings. The van der Waals surface area contributed by atoms with Crippen LogP contribution in [0.4, 0.5) is 0 Å². The number of hydrogen-bond acceptors (Lipinski definition) is 7. The zero-order valence-electron chi connectivity index (χ0n) is 8.47. The van der Waals surface area contributed by atoms with E-state index >= 15 is 0 Å². The first kappa shape index (κ1) is 11.9. The highest BCUT2D eigenvalue weighted by atomic mass is 16.7. The number of carbonyl (C=O) groups excluding carboxylic acids is 1. The number of nitrogens with zero attached hydrogens (tertiary/aromatic N) is 1. The van der Waals surface area contributed by atoms with Crippen LogP contribution in [0.3, 0.4) is 0 Å². The molecular formula is C8H14N2O5. The van der Waals surface area contributed by atoms with Gasteiger partial charge in [0, 0.05) is 13.3 Å². The Hall–Kier alpha value is -1.15. The molecule has 4 N–H and O–H groups in total. The van der Waals surface area contributed by atoms with Crippen molar-refractivity contribution in [2.24, 2.45) is 0 Å². The van der Waals surface area contributed by atoms with Gasteiger partial charge in [-0.15, -0.1) is 0 Å². The van der Waals surface area contributed by atoms with E-state index in [1.807, 2.05) is 0 Å². The Morgan fingerprint density at radius 2 is 2.27 bits per heavy atom. The third kappa shape index (κ3) is 2.66. The van der Waals surface area contributed by atoms with Crippen molar-refractivity contribution in [2.45, 2.75) is 19.1 Å². The van der Waals surface area contributed by atoms with Crippen LogP contribution in [-0.4, -0.2) is 52.0 Å². The summed E-state index contributed by atoms with van der Waals surface area (Å²) in [4.78, 5) is 12.6. The minimum absolute atomic E-state index is 0.0941. The van der Waals surface area contributed by atoms with Gasteiger partial charge in [0.15, 0.2) is 11.9 Å². The van der Waals surface area contributed by atoms with Crippen LogP contribution in [0, 0.1) is 0 Å². The van der Waals surface area contributed by atoms with Crippen LogP contribution in [0.25, 0.3) is 0 Å². The van der Waals surface area contributed by atoms with E-state index < -0.39 is 12.1 Å². The molecule has 15 heavy (non-hydrogen) atoms. The standard InChI is InChI=1S/C8H14N2O5/c1-5(11)7-9-6(8(12,13)14)3-10(7)4-15-2/h3,7,9,12-14H,4H2,1-2H3. The van der Waals surface area contributed by atoms with Crippen LogP contribution in [0.2, 0.25) is 0 Å². The highest BCUT2D eigenvalue weighted by Gasteiger charge is 2.36. The van der Waals surface area contributed by atoms with Crippen LogP contribution in [0.5, 0.6) is 0 Å². The summed E-state index contributed by atoms with van der Waals surface area (Å²) in [5.74, 6) is -3.21. The van der Waals surface area contributed by atoms with Gasteiger partial charge in [-0.05, 0) is 6.92 Å². The average molecular weight is 218 g/mol. The second kappa shape index (κ2) is 4.15. The van der Waals surface area contributed by atoms with Gasteiger partial charge in [0.1, 0.15) is 12.4 Å². The van der Waals surface area contributed by atoms with Gasteiger partial charge in [-0.3, -0.25) is 4.79 Å². The van der Waals surface area contributed by atoms with Gasteiger partial charge in [-0.1, -0.05) is 0 Å². The molecule has 0 bridgehead atoms. The molecule has 1 unspecified atom stereocenters. The van der Waals surface area contributed by atoms with Gasteiger partial charge in [0.2, 0.25) is 0 Å². The Labute approximate surface area is 86.6 Å². The van der Waals surface area contributed by atoms with Crippen LogP contribution in [0.1, 0.15) is 6.92 Å². The molecule has 0 saturated carbocycles. The number of carbonyl (C=O) groups is 1. The lowest BCUT2D eigenvalue weighted by atomic mass is 10.3. The van der Waals surface area contributed by atoms with Gasteiger partial charge in [0.25, 0.3) is 0 Å². The summed E-state index contributed by atoms with van der Waals surface area (Å²) in [6, 6.07) is 0. The van der Waals surface area contributed by atoms with Crippen molar-refractivity contribution < 1.29 is 24.9 Å². The molecule has 1 aliphatic heterocycles. The number of nitrogens with one attached hydrogen (secondary N) is 1. The molecule has 7 nitrogen and oxygen atoms in total. The van der Waals surface area contributed by atoms with Crippen LogP contribution >= 0.6 is 0 Å². The van der Waals surface area contributed by atoms with E-state index in [-0.39, 0.29) is 18.2 Å². The van der Waals surface area contributed by atoms with Crippen LogP contribution < -0.4 is 5.32 Å². The Kier molecular flexibility index (Phi) is 3.30. The molecule has 1 atom stereocenters. The second-order valence-electron chi connectivity index (χ2n) is 3.27. The van der Waals surface area contributed by atoms with E-state index in [9.17, 15) is 4.79 Å². The van der Waals surface area contributed by atoms with Crippen molar-refractivity contribution in [2.75, 3.05) is 13.8 Å². The van der Waals surface area contributed by atoms with E-state index in [0.717, 1.165) is 0 Å². The zero-order chi connectivity index (χ0) is 11.6. The molecule has 0 aromatic carbocycles. The highest BCUT2D eigenvalue weighted by molar-refractivity contribution is 5.82. The van der Waals surface area contributed by atoms with E-state index in [1.165, 1.54) is 25.1 Å². The number of hydrogen-bond donors (Lipinski definition) is 4. The summed E-state index contributed by atoms with van der Waals surface area (Å²) in [6.07, 6.45) is 0.459. The van der Waals surface area contributed by atoms with Crippen molar-refractivity contribution >= 4 is 5.78 Å². The summed E-state index contributed by atoms with van der Waals surface area (Å²) in [5.41, 5.74) is -0.264. The smallest absolute Gasteiger partial charge is 0.321 e. The van der Waals surface area contributed by atoms with Gasteiger partial charge in [0.05, 0.1) is 0 Å². The van der Waals surface area contributed by atoms with Gasteiger partial charge in [-0.2, -0.15) is 0 Å².